The number of hydrogen-bond acceptors (Lipinski definition) is 7. The molecule has 0 fully saturated rings. The minimum Gasteiger partial charge on any atom is -0.547 e. The second-order valence-electron chi connectivity index (χ2n) is 10.8. The fraction of sp³-hybridized carbons (Fsp3) is 0.444. The van der Waals surface area contributed by atoms with Crippen molar-refractivity contribution in [2.45, 2.75) is 26.1 Å². The van der Waals surface area contributed by atoms with Crippen molar-refractivity contribution in [3.63, 3.8) is 0 Å². The second-order valence-corrected chi connectivity index (χ2v) is 10.8. The highest BCUT2D eigenvalue weighted by molar-refractivity contribution is 5.96. The largest absolute Gasteiger partial charge is 0.547 e. The Morgan fingerprint density at radius 2 is 0.972 bits per heavy atom. The molecular formula is C27H42N2O7. The molecule has 202 valence electrons. The van der Waals surface area contributed by atoms with Crippen LogP contribution in [0, 0.1) is 6.92 Å². The number of carbonyl (C=O) groups is 3. The van der Waals surface area contributed by atoms with Crippen LogP contribution >= 0.6 is 0 Å². The smallest absolute Gasteiger partial charge is 0.160 e. The van der Waals surface area contributed by atoms with Crippen LogP contribution in [0.2, 0.25) is 0 Å². The minimum absolute atomic E-state index is 0.0694. The number of carboxylic acid groups (broad SMARTS) is 2. The van der Waals surface area contributed by atoms with Gasteiger partial charge in [-0.15, -0.1) is 0 Å². The summed E-state index contributed by atoms with van der Waals surface area (Å²) in [6.45, 7) is 3.04. The van der Waals surface area contributed by atoms with Crippen molar-refractivity contribution >= 4 is 17.7 Å². The Bertz CT molecular complexity index is 953. The van der Waals surface area contributed by atoms with E-state index in [1.165, 1.54) is 19.1 Å². The first-order chi connectivity index (χ1) is 16.2. The number of nitrogens with zero attached hydrogens (tertiary/aromatic N) is 2. The zero-order valence-corrected chi connectivity index (χ0v) is 23.1. The summed E-state index contributed by atoms with van der Waals surface area (Å²) in [5.41, 5.74) is 1.40. The topological polar surface area (TPSA) is 138 Å². The molecule has 0 amide bonds. The van der Waals surface area contributed by atoms with Crippen molar-refractivity contribution in [1.29, 1.82) is 0 Å². The third-order valence-electron chi connectivity index (χ3n) is 3.56. The lowest BCUT2D eigenvalue weighted by atomic mass is 10.00. The van der Waals surface area contributed by atoms with E-state index in [-0.39, 0.29) is 16.9 Å². The standard InChI is InChI=1S/C10H10O4.C9H10O3.2C4H12N/c1-6(11)7-4-2-3-5-8(7)9(12)10(13)14;1-6-4-2-3-5-7(6)8(10)9(11)12;2*1-5(2,3)4/h2-5,9,12H,1H3,(H,13,14);2-5,8,10H,1H3,(H,11,12);2*1-4H3/q;;2*+1/p-2. The molecular weight excluding hydrogens is 464 g/mol. The van der Waals surface area contributed by atoms with Crippen LogP contribution in [-0.2, 0) is 9.59 Å². The molecule has 0 heterocycles. The average Bonchev–Trinajstić information content (AvgIpc) is 2.71. The Kier molecular flexibility index (Phi) is 15.4. The number of carbonyl (C=O) groups excluding carboxylic acids is 3. The van der Waals surface area contributed by atoms with Crippen LogP contribution in [0.15, 0.2) is 48.5 Å². The first-order valence-electron chi connectivity index (χ1n) is 11.2. The van der Waals surface area contributed by atoms with Gasteiger partial charge in [0.2, 0.25) is 0 Å². The Morgan fingerprint density at radius 3 is 1.31 bits per heavy atom. The van der Waals surface area contributed by atoms with Crippen molar-refractivity contribution < 1.29 is 43.8 Å². The number of aliphatic carboxylic acids is 2. The molecule has 0 aliphatic heterocycles. The number of aliphatic hydroxyl groups excluding tert-OH is 2. The summed E-state index contributed by atoms with van der Waals surface area (Å²) >= 11 is 0. The molecule has 0 radical (unpaired) electrons. The van der Waals surface area contributed by atoms with Gasteiger partial charge >= 0.3 is 0 Å². The highest BCUT2D eigenvalue weighted by Gasteiger charge is 2.14. The second kappa shape index (κ2) is 15.8. The van der Waals surface area contributed by atoms with Crippen molar-refractivity contribution in [2.24, 2.45) is 0 Å². The predicted octanol–water partition coefficient (Wildman–Crippen LogP) is 0.0956. The number of ketones is 1. The minimum atomic E-state index is -1.75. The van der Waals surface area contributed by atoms with Crippen molar-refractivity contribution in [3.05, 3.63) is 70.8 Å². The SMILES string of the molecule is CC(=O)c1ccccc1C(O)C(=O)[O-].C[N+](C)(C)C.C[N+](C)(C)C.Cc1ccccc1C(O)C(=O)[O-]. The van der Waals surface area contributed by atoms with E-state index in [1.807, 2.05) is 0 Å². The lowest BCUT2D eigenvalue weighted by Gasteiger charge is -2.14. The summed E-state index contributed by atoms with van der Waals surface area (Å²) in [5.74, 6) is -3.37. The van der Waals surface area contributed by atoms with Gasteiger partial charge in [0, 0.05) is 5.56 Å². The van der Waals surface area contributed by atoms with Crippen LogP contribution in [0.25, 0.3) is 0 Å². The van der Waals surface area contributed by atoms with E-state index in [4.69, 9.17) is 5.11 Å². The maximum absolute atomic E-state index is 11.1. The van der Waals surface area contributed by atoms with E-state index in [1.54, 1.807) is 43.3 Å². The molecule has 0 bridgehead atoms. The highest BCUT2D eigenvalue weighted by atomic mass is 16.4. The first kappa shape index (κ1) is 35.1. The molecule has 9 nitrogen and oxygen atoms in total. The molecule has 2 unspecified atom stereocenters. The van der Waals surface area contributed by atoms with Gasteiger partial charge in [-0.3, -0.25) is 4.79 Å². The summed E-state index contributed by atoms with van der Waals surface area (Å²) in [7, 11) is 17.0. The van der Waals surface area contributed by atoms with Gasteiger partial charge in [0.05, 0.1) is 68.3 Å². The lowest BCUT2D eigenvalue weighted by molar-refractivity contribution is -0.849. The molecule has 36 heavy (non-hydrogen) atoms. The quantitative estimate of drug-likeness (QED) is 0.433. The summed E-state index contributed by atoms with van der Waals surface area (Å²) in [4.78, 5) is 31.8. The number of hydrogen-bond donors (Lipinski definition) is 2. The Balaban J connectivity index is 0. The van der Waals surface area contributed by atoms with Crippen molar-refractivity contribution in [3.8, 4) is 0 Å². The number of quaternary nitrogens is 2. The van der Waals surface area contributed by atoms with Crippen LogP contribution in [0.1, 0.15) is 46.2 Å². The number of rotatable bonds is 5. The maximum Gasteiger partial charge on any atom is 0.160 e. The third-order valence-corrected chi connectivity index (χ3v) is 3.56. The van der Waals surface area contributed by atoms with Gasteiger partial charge in [0.1, 0.15) is 12.2 Å². The van der Waals surface area contributed by atoms with E-state index < -0.39 is 24.1 Å². The number of aliphatic hydroxyl groups is 2. The molecule has 0 saturated carbocycles. The van der Waals surface area contributed by atoms with E-state index in [0.717, 1.165) is 14.5 Å². The molecule has 9 heteroatoms. The Hall–Kier alpha value is -3.11. The molecule has 0 aromatic heterocycles. The first-order valence-corrected chi connectivity index (χ1v) is 11.2. The van der Waals surface area contributed by atoms with Gasteiger partial charge in [-0.05, 0) is 30.5 Å². The van der Waals surface area contributed by atoms with E-state index >= 15 is 0 Å². The Morgan fingerprint density at radius 1 is 0.667 bits per heavy atom. The van der Waals surface area contributed by atoms with Gasteiger partial charge in [0.15, 0.2) is 5.78 Å². The van der Waals surface area contributed by atoms with Crippen LogP contribution in [-0.4, -0.2) is 93.3 Å². The van der Waals surface area contributed by atoms with Gasteiger partial charge in [0.25, 0.3) is 0 Å². The van der Waals surface area contributed by atoms with Crippen LogP contribution in [0.3, 0.4) is 0 Å². The zero-order chi connectivity index (χ0) is 28.9. The molecule has 2 rings (SSSR count). The summed E-state index contributed by atoms with van der Waals surface area (Å²) in [6, 6.07) is 12.8. The Labute approximate surface area is 215 Å². The van der Waals surface area contributed by atoms with Gasteiger partial charge < -0.3 is 39.0 Å². The van der Waals surface area contributed by atoms with Gasteiger partial charge in [-0.25, -0.2) is 0 Å². The van der Waals surface area contributed by atoms with Crippen LogP contribution < -0.4 is 10.2 Å². The summed E-state index contributed by atoms with van der Waals surface area (Å²) < 4.78 is 2.00. The van der Waals surface area contributed by atoms with E-state index in [2.05, 4.69) is 56.4 Å². The predicted molar refractivity (Wildman–Crippen MR) is 135 cm³/mol. The van der Waals surface area contributed by atoms with Crippen molar-refractivity contribution in [2.75, 3.05) is 56.4 Å². The van der Waals surface area contributed by atoms with Gasteiger partial charge in [-0.1, -0.05) is 48.5 Å². The molecule has 2 N–H and O–H groups in total. The number of carboxylic acids is 2. The number of Topliss-reactive ketones (excluding diaryl/α,β-unsaturated/α-hetero) is 1. The maximum atomic E-state index is 11.1. The lowest BCUT2D eigenvalue weighted by Crippen LogP contribution is -2.30. The summed E-state index contributed by atoms with van der Waals surface area (Å²) in [5, 5.41) is 39.0. The molecule has 2 aromatic rings. The normalized spacial score (nSPS) is 12.2. The van der Waals surface area contributed by atoms with Crippen LogP contribution in [0.4, 0.5) is 0 Å². The van der Waals surface area contributed by atoms with E-state index in [9.17, 15) is 29.7 Å². The average molecular weight is 507 g/mol. The zero-order valence-electron chi connectivity index (χ0n) is 23.1. The fourth-order valence-electron chi connectivity index (χ4n) is 2.20. The number of aryl methyl sites for hydroxylation is 1. The van der Waals surface area contributed by atoms with Gasteiger partial charge in [-0.2, -0.15) is 0 Å². The molecule has 0 aliphatic carbocycles. The third kappa shape index (κ3) is 18.2. The number of benzene rings is 2. The molecule has 0 aliphatic rings. The van der Waals surface area contributed by atoms with E-state index in [0.29, 0.717) is 5.56 Å². The highest BCUT2D eigenvalue weighted by Crippen LogP contribution is 2.18. The molecule has 2 aromatic carbocycles. The fourth-order valence-corrected chi connectivity index (χ4v) is 2.20. The molecule has 0 saturated heterocycles. The molecule has 2 atom stereocenters. The monoisotopic (exact) mass is 506 g/mol. The van der Waals surface area contributed by atoms with Crippen LogP contribution in [0.5, 0.6) is 0 Å². The molecule has 0 spiro atoms. The van der Waals surface area contributed by atoms with Crippen molar-refractivity contribution in [1.82, 2.24) is 0 Å². The summed E-state index contributed by atoms with van der Waals surface area (Å²) in [6.07, 6.45) is -3.28.